The van der Waals surface area contributed by atoms with E-state index in [2.05, 4.69) is 26.0 Å². The molecule has 1 atom stereocenters. The smallest absolute Gasteiger partial charge is 0.240 e. The van der Waals surface area contributed by atoms with Crippen LogP contribution in [0.15, 0.2) is 21.5 Å². The Hall–Kier alpha value is -0.140. The molecule has 1 aliphatic rings. The number of hydrogen-bond acceptors (Lipinski definition) is 3. The maximum Gasteiger partial charge on any atom is 0.240 e. The summed E-state index contributed by atoms with van der Waals surface area (Å²) < 4.78 is 28.5. The molecule has 1 heterocycles. The Labute approximate surface area is 148 Å². The van der Waals surface area contributed by atoms with Gasteiger partial charge in [0.05, 0.1) is 4.90 Å². The van der Waals surface area contributed by atoms with Crippen LogP contribution in [0.25, 0.3) is 0 Å². The molecule has 1 aliphatic heterocycles. The minimum Gasteiger partial charge on any atom is -0.316 e. The summed E-state index contributed by atoms with van der Waals surface area (Å²) >= 11 is 3.43. The summed E-state index contributed by atoms with van der Waals surface area (Å²) in [5, 5.41) is 3.35. The fourth-order valence-electron chi connectivity index (χ4n) is 2.69. The Morgan fingerprint density at radius 2 is 2.05 bits per heavy atom. The average molecular weight is 412 g/mol. The number of sulfonamides is 1. The summed E-state index contributed by atoms with van der Waals surface area (Å²) in [6.45, 7) is 6.31. The molecule has 1 aromatic carbocycles. The fourth-order valence-corrected chi connectivity index (χ4v) is 4.50. The van der Waals surface area contributed by atoms with Crippen molar-refractivity contribution >= 4 is 38.4 Å². The van der Waals surface area contributed by atoms with Crippen molar-refractivity contribution in [3.8, 4) is 0 Å². The first-order valence-corrected chi connectivity index (χ1v) is 9.65. The minimum atomic E-state index is -3.42. The van der Waals surface area contributed by atoms with Crippen molar-refractivity contribution in [3.63, 3.8) is 0 Å². The van der Waals surface area contributed by atoms with Crippen molar-refractivity contribution in [2.75, 3.05) is 19.6 Å². The highest BCUT2D eigenvalue weighted by molar-refractivity contribution is 9.10. The van der Waals surface area contributed by atoms with Gasteiger partial charge >= 0.3 is 0 Å². The highest BCUT2D eigenvalue weighted by Crippen LogP contribution is 2.24. The first-order chi connectivity index (χ1) is 9.90. The number of rotatable bonds is 5. The molecule has 0 amide bonds. The molecule has 2 N–H and O–H groups in total. The van der Waals surface area contributed by atoms with Gasteiger partial charge in [0.2, 0.25) is 10.0 Å². The van der Waals surface area contributed by atoms with Crippen molar-refractivity contribution in [2.45, 2.75) is 38.0 Å². The third-order valence-electron chi connectivity index (χ3n) is 3.99. The van der Waals surface area contributed by atoms with Gasteiger partial charge in [-0.05, 0) is 75.4 Å². The summed E-state index contributed by atoms with van der Waals surface area (Å²) in [6.07, 6.45) is 3.26. The number of halogens is 2. The lowest BCUT2D eigenvalue weighted by Gasteiger charge is -2.22. The van der Waals surface area contributed by atoms with Crippen molar-refractivity contribution < 1.29 is 8.42 Å². The van der Waals surface area contributed by atoms with Crippen LogP contribution in [0.3, 0.4) is 0 Å². The maximum absolute atomic E-state index is 12.4. The number of piperidine rings is 1. The molecular formula is C15H24BrClN2O2S. The second-order valence-electron chi connectivity index (χ2n) is 5.77. The lowest BCUT2D eigenvalue weighted by molar-refractivity contribution is 0.358. The largest absolute Gasteiger partial charge is 0.316 e. The summed E-state index contributed by atoms with van der Waals surface area (Å²) in [6, 6.07) is 3.58. The van der Waals surface area contributed by atoms with E-state index < -0.39 is 10.0 Å². The van der Waals surface area contributed by atoms with E-state index in [9.17, 15) is 8.42 Å². The Balaban J connectivity index is 0.00000242. The van der Waals surface area contributed by atoms with Gasteiger partial charge in [-0.2, -0.15) is 0 Å². The lowest BCUT2D eigenvalue weighted by Crippen LogP contribution is -2.33. The topological polar surface area (TPSA) is 58.2 Å². The SMILES string of the molecule is Cc1cc(S(=O)(=O)NCCC2CCCNC2)c(C)cc1Br.Cl. The van der Waals surface area contributed by atoms with E-state index in [1.165, 1.54) is 12.8 Å². The van der Waals surface area contributed by atoms with Gasteiger partial charge in [-0.3, -0.25) is 0 Å². The van der Waals surface area contributed by atoms with Crippen LogP contribution in [0.5, 0.6) is 0 Å². The standard InChI is InChI=1S/C15H23BrN2O2S.ClH/c1-11-9-15(12(2)8-14(11)16)21(19,20)18-7-5-13-4-3-6-17-10-13;/h8-9,13,17-18H,3-7,10H2,1-2H3;1H. The molecule has 22 heavy (non-hydrogen) atoms. The third-order valence-corrected chi connectivity index (χ3v) is 6.45. The zero-order chi connectivity index (χ0) is 15.5. The van der Waals surface area contributed by atoms with E-state index in [0.29, 0.717) is 17.4 Å². The molecule has 2 rings (SSSR count). The van der Waals surface area contributed by atoms with Gasteiger partial charge in [0.1, 0.15) is 0 Å². The third kappa shape index (κ3) is 5.20. The van der Waals surface area contributed by atoms with Gasteiger partial charge in [0.15, 0.2) is 0 Å². The second kappa shape index (κ2) is 8.64. The predicted octanol–water partition coefficient (Wildman–Crippen LogP) is 3.16. The molecule has 1 saturated heterocycles. The van der Waals surface area contributed by atoms with Gasteiger partial charge in [0, 0.05) is 11.0 Å². The molecule has 0 saturated carbocycles. The zero-order valence-electron chi connectivity index (χ0n) is 13.0. The average Bonchev–Trinajstić information content (AvgIpc) is 2.43. The molecule has 1 unspecified atom stereocenters. The summed E-state index contributed by atoms with van der Waals surface area (Å²) in [5.41, 5.74) is 1.69. The zero-order valence-corrected chi connectivity index (χ0v) is 16.2. The summed E-state index contributed by atoms with van der Waals surface area (Å²) in [5.74, 6) is 0.578. The van der Waals surface area contributed by atoms with Gasteiger partial charge in [0.25, 0.3) is 0 Å². The first kappa shape index (κ1) is 19.9. The van der Waals surface area contributed by atoms with Crippen LogP contribution < -0.4 is 10.0 Å². The molecule has 0 bridgehead atoms. The van der Waals surface area contributed by atoms with Crippen molar-refractivity contribution in [3.05, 3.63) is 27.7 Å². The lowest BCUT2D eigenvalue weighted by atomic mass is 9.96. The monoisotopic (exact) mass is 410 g/mol. The predicted molar refractivity (Wildman–Crippen MR) is 96.3 cm³/mol. The number of hydrogen-bond donors (Lipinski definition) is 2. The van der Waals surface area contributed by atoms with Crippen LogP contribution in [0.4, 0.5) is 0 Å². The molecule has 0 aromatic heterocycles. The van der Waals surface area contributed by atoms with Gasteiger partial charge in [-0.25, -0.2) is 13.1 Å². The van der Waals surface area contributed by atoms with Crippen LogP contribution in [-0.2, 0) is 10.0 Å². The maximum atomic E-state index is 12.4. The molecule has 1 fully saturated rings. The molecule has 1 aromatic rings. The van der Waals surface area contributed by atoms with Crippen LogP contribution in [-0.4, -0.2) is 28.1 Å². The van der Waals surface area contributed by atoms with E-state index >= 15 is 0 Å². The molecule has 0 aliphatic carbocycles. The van der Waals surface area contributed by atoms with E-state index in [1.807, 2.05) is 19.9 Å². The van der Waals surface area contributed by atoms with Gasteiger partial charge < -0.3 is 5.32 Å². The van der Waals surface area contributed by atoms with Crippen LogP contribution in [0.2, 0.25) is 0 Å². The quantitative estimate of drug-likeness (QED) is 0.782. The van der Waals surface area contributed by atoms with Gasteiger partial charge in [-0.15, -0.1) is 12.4 Å². The van der Waals surface area contributed by atoms with Crippen LogP contribution >= 0.6 is 28.3 Å². The highest BCUT2D eigenvalue weighted by Gasteiger charge is 2.19. The molecule has 7 heteroatoms. The fraction of sp³-hybridized carbons (Fsp3) is 0.600. The van der Waals surface area contributed by atoms with Crippen molar-refractivity contribution in [1.29, 1.82) is 0 Å². The normalized spacial score (nSPS) is 18.8. The number of nitrogens with one attached hydrogen (secondary N) is 2. The van der Waals surface area contributed by atoms with E-state index in [1.54, 1.807) is 6.07 Å². The van der Waals surface area contributed by atoms with E-state index in [-0.39, 0.29) is 12.4 Å². The van der Waals surface area contributed by atoms with Crippen molar-refractivity contribution in [2.24, 2.45) is 5.92 Å². The Morgan fingerprint density at radius 1 is 1.32 bits per heavy atom. The first-order valence-electron chi connectivity index (χ1n) is 7.37. The molecular weight excluding hydrogens is 388 g/mol. The molecule has 0 radical (unpaired) electrons. The number of aryl methyl sites for hydroxylation is 2. The summed E-state index contributed by atoms with van der Waals surface area (Å²) in [4.78, 5) is 0.380. The molecule has 0 spiro atoms. The Kier molecular flexibility index (Phi) is 7.82. The van der Waals surface area contributed by atoms with E-state index in [4.69, 9.17) is 0 Å². The van der Waals surface area contributed by atoms with E-state index in [0.717, 1.165) is 35.1 Å². The molecule has 126 valence electrons. The highest BCUT2D eigenvalue weighted by atomic mass is 79.9. The van der Waals surface area contributed by atoms with Gasteiger partial charge in [-0.1, -0.05) is 15.9 Å². The van der Waals surface area contributed by atoms with Crippen LogP contribution in [0, 0.1) is 19.8 Å². The molecule has 4 nitrogen and oxygen atoms in total. The van der Waals surface area contributed by atoms with Crippen LogP contribution in [0.1, 0.15) is 30.4 Å². The Bertz CT molecular complexity index is 602. The second-order valence-corrected chi connectivity index (χ2v) is 8.36. The summed E-state index contributed by atoms with van der Waals surface area (Å²) in [7, 11) is -3.42. The minimum absolute atomic E-state index is 0. The van der Waals surface area contributed by atoms with Crippen molar-refractivity contribution in [1.82, 2.24) is 10.0 Å². The number of benzene rings is 1. The Morgan fingerprint density at radius 3 is 2.68 bits per heavy atom.